The van der Waals surface area contributed by atoms with Crippen molar-refractivity contribution in [1.82, 2.24) is 15.0 Å². The number of hydrogen-bond acceptors (Lipinski definition) is 4. The van der Waals surface area contributed by atoms with E-state index in [1.807, 2.05) is 25.1 Å². The Morgan fingerprint density at radius 3 is 2.90 bits per heavy atom. The number of aromatic nitrogens is 3. The smallest absolute Gasteiger partial charge is 0.340 e. The number of carbonyl (C=O) groups excluding carboxylic acids is 1. The summed E-state index contributed by atoms with van der Waals surface area (Å²) in [6.07, 6.45) is 1.74. The number of imidazole rings is 1. The van der Waals surface area contributed by atoms with Crippen LogP contribution in [0.2, 0.25) is 0 Å². The second-order valence-corrected chi connectivity index (χ2v) is 4.46. The summed E-state index contributed by atoms with van der Waals surface area (Å²) in [6.45, 7) is 1.92. The van der Waals surface area contributed by atoms with Gasteiger partial charge in [-0.15, -0.1) is 0 Å². The molecule has 0 amide bonds. The predicted octanol–water partition coefficient (Wildman–Crippen LogP) is 2.72. The number of methoxy groups -OCH3 is 1. The summed E-state index contributed by atoms with van der Waals surface area (Å²) in [6, 6.07) is 9.20. The molecule has 2 aromatic heterocycles. The molecule has 3 aromatic rings. The maximum absolute atomic E-state index is 11.7. The Morgan fingerprint density at radius 1 is 1.30 bits per heavy atom. The predicted molar refractivity (Wildman–Crippen MR) is 75.4 cm³/mol. The van der Waals surface area contributed by atoms with Gasteiger partial charge in [0.1, 0.15) is 11.3 Å². The monoisotopic (exact) mass is 267 g/mol. The number of esters is 1. The van der Waals surface area contributed by atoms with Crippen molar-refractivity contribution in [2.75, 3.05) is 7.11 Å². The highest BCUT2D eigenvalue weighted by atomic mass is 16.5. The number of fused-ring (bicyclic) bond motifs is 1. The summed E-state index contributed by atoms with van der Waals surface area (Å²) < 4.78 is 4.78. The number of para-hydroxylation sites is 1. The van der Waals surface area contributed by atoms with E-state index in [0.29, 0.717) is 16.9 Å². The van der Waals surface area contributed by atoms with Gasteiger partial charge >= 0.3 is 5.97 Å². The van der Waals surface area contributed by atoms with Gasteiger partial charge in [-0.05, 0) is 31.2 Å². The molecule has 0 spiro atoms. The molecule has 1 aromatic carbocycles. The van der Waals surface area contributed by atoms with Crippen molar-refractivity contribution in [3.63, 3.8) is 0 Å². The van der Waals surface area contributed by atoms with E-state index in [1.54, 1.807) is 18.3 Å². The van der Waals surface area contributed by atoms with Crippen molar-refractivity contribution in [3.05, 3.63) is 47.8 Å². The first-order valence-electron chi connectivity index (χ1n) is 6.19. The van der Waals surface area contributed by atoms with Gasteiger partial charge in [0.25, 0.3) is 0 Å². The molecule has 0 saturated heterocycles. The summed E-state index contributed by atoms with van der Waals surface area (Å²) in [7, 11) is 1.36. The molecule has 0 aliphatic rings. The van der Waals surface area contributed by atoms with Crippen LogP contribution in [0.4, 0.5) is 0 Å². The number of carbonyl (C=O) groups is 1. The molecule has 0 unspecified atom stereocenters. The molecule has 0 radical (unpaired) electrons. The lowest BCUT2D eigenvalue weighted by molar-refractivity contribution is 0.0603. The SMILES string of the molecule is COC(=O)c1cccc2[nH]c(-c3ccnc(C)c3)nc12. The van der Waals surface area contributed by atoms with Crippen LogP contribution >= 0.6 is 0 Å². The van der Waals surface area contributed by atoms with Crippen molar-refractivity contribution in [1.29, 1.82) is 0 Å². The van der Waals surface area contributed by atoms with Gasteiger partial charge in [-0.1, -0.05) is 6.07 Å². The zero-order valence-corrected chi connectivity index (χ0v) is 11.2. The van der Waals surface area contributed by atoms with Crippen LogP contribution in [0.15, 0.2) is 36.5 Å². The number of rotatable bonds is 2. The fourth-order valence-electron chi connectivity index (χ4n) is 2.14. The van der Waals surface area contributed by atoms with E-state index in [1.165, 1.54) is 7.11 Å². The minimum absolute atomic E-state index is 0.389. The van der Waals surface area contributed by atoms with Gasteiger partial charge in [-0.25, -0.2) is 9.78 Å². The molecule has 5 nitrogen and oxygen atoms in total. The topological polar surface area (TPSA) is 67.9 Å². The number of hydrogen-bond donors (Lipinski definition) is 1. The van der Waals surface area contributed by atoms with E-state index in [4.69, 9.17) is 4.74 Å². The largest absolute Gasteiger partial charge is 0.465 e. The van der Waals surface area contributed by atoms with Crippen molar-refractivity contribution < 1.29 is 9.53 Å². The Hall–Kier alpha value is -2.69. The Balaban J connectivity index is 2.18. The van der Waals surface area contributed by atoms with Crippen LogP contribution in [-0.2, 0) is 4.74 Å². The average molecular weight is 267 g/mol. The number of nitrogens with one attached hydrogen (secondary N) is 1. The van der Waals surface area contributed by atoms with Gasteiger partial charge in [0, 0.05) is 17.5 Å². The Labute approximate surface area is 115 Å². The van der Waals surface area contributed by atoms with E-state index < -0.39 is 0 Å². The van der Waals surface area contributed by atoms with E-state index in [9.17, 15) is 4.79 Å². The summed E-state index contributed by atoms with van der Waals surface area (Å²) >= 11 is 0. The summed E-state index contributed by atoms with van der Waals surface area (Å²) in [5.41, 5.74) is 3.72. The number of aryl methyl sites for hydroxylation is 1. The van der Waals surface area contributed by atoms with Crippen LogP contribution < -0.4 is 0 Å². The molecule has 2 heterocycles. The fraction of sp³-hybridized carbons (Fsp3) is 0.133. The molecule has 20 heavy (non-hydrogen) atoms. The number of pyridine rings is 1. The molecule has 3 rings (SSSR count). The van der Waals surface area contributed by atoms with E-state index in [-0.39, 0.29) is 5.97 Å². The lowest BCUT2D eigenvalue weighted by Crippen LogP contribution is -2.01. The zero-order valence-electron chi connectivity index (χ0n) is 11.2. The highest BCUT2D eigenvalue weighted by Gasteiger charge is 2.14. The number of nitrogens with zero attached hydrogens (tertiary/aromatic N) is 2. The van der Waals surface area contributed by atoms with Gasteiger partial charge in [0.15, 0.2) is 0 Å². The molecule has 0 saturated carbocycles. The normalized spacial score (nSPS) is 10.7. The molecule has 100 valence electrons. The van der Waals surface area contributed by atoms with Crippen LogP contribution in [0.5, 0.6) is 0 Å². The second-order valence-electron chi connectivity index (χ2n) is 4.46. The van der Waals surface area contributed by atoms with Crippen LogP contribution in [0.1, 0.15) is 16.1 Å². The van der Waals surface area contributed by atoms with Crippen molar-refractivity contribution in [2.24, 2.45) is 0 Å². The minimum Gasteiger partial charge on any atom is -0.465 e. The third kappa shape index (κ3) is 2.03. The van der Waals surface area contributed by atoms with E-state index >= 15 is 0 Å². The molecule has 0 aliphatic heterocycles. The number of ether oxygens (including phenoxy) is 1. The Bertz CT molecular complexity index is 793. The third-order valence-corrected chi connectivity index (χ3v) is 3.09. The number of aromatic amines is 1. The minimum atomic E-state index is -0.389. The van der Waals surface area contributed by atoms with Gasteiger partial charge in [-0.2, -0.15) is 0 Å². The lowest BCUT2D eigenvalue weighted by atomic mass is 10.2. The highest BCUT2D eigenvalue weighted by molar-refractivity contribution is 6.02. The van der Waals surface area contributed by atoms with Crippen molar-refractivity contribution >= 4 is 17.0 Å². The molecule has 0 atom stereocenters. The van der Waals surface area contributed by atoms with Gasteiger partial charge in [0.05, 0.1) is 18.2 Å². The maximum atomic E-state index is 11.7. The summed E-state index contributed by atoms with van der Waals surface area (Å²) in [5, 5.41) is 0. The highest BCUT2D eigenvalue weighted by Crippen LogP contribution is 2.23. The van der Waals surface area contributed by atoms with Gasteiger partial charge in [-0.3, -0.25) is 4.98 Å². The van der Waals surface area contributed by atoms with Gasteiger partial charge in [0.2, 0.25) is 0 Å². The number of benzene rings is 1. The maximum Gasteiger partial charge on any atom is 0.340 e. The lowest BCUT2D eigenvalue weighted by Gasteiger charge is -1.98. The molecular formula is C15H13N3O2. The molecular weight excluding hydrogens is 254 g/mol. The van der Waals surface area contributed by atoms with Crippen molar-refractivity contribution in [2.45, 2.75) is 6.92 Å². The molecule has 1 N–H and O–H groups in total. The standard InChI is InChI=1S/C15H13N3O2/c1-9-8-10(6-7-16-9)14-17-12-5-3-4-11(13(12)18-14)15(19)20-2/h3-8H,1-2H3,(H,17,18). The quantitative estimate of drug-likeness (QED) is 0.725. The van der Waals surface area contributed by atoms with E-state index in [0.717, 1.165) is 16.8 Å². The third-order valence-electron chi connectivity index (χ3n) is 3.09. The first-order chi connectivity index (χ1) is 9.69. The molecule has 0 bridgehead atoms. The molecule has 0 aliphatic carbocycles. The zero-order chi connectivity index (χ0) is 14.1. The molecule has 5 heteroatoms. The molecule has 0 fully saturated rings. The summed E-state index contributed by atoms with van der Waals surface area (Å²) in [4.78, 5) is 23.6. The Morgan fingerprint density at radius 2 is 2.15 bits per heavy atom. The van der Waals surface area contributed by atoms with E-state index in [2.05, 4.69) is 15.0 Å². The van der Waals surface area contributed by atoms with Crippen molar-refractivity contribution in [3.8, 4) is 11.4 Å². The van der Waals surface area contributed by atoms with Crippen LogP contribution in [-0.4, -0.2) is 28.0 Å². The average Bonchev–Trinajstić information content (AvgIpc) is 2.90. The van der Waals surface area contributed by atoms with Crippen LogP contribution in [0.3, 0.4) is 0 Å². The Kier molecular flexibility index (Phi) is 2.95. The second kappa shape index (κ2) is 4.77. The van der Waals surface area contributed by atoms with Crippen LogP contribution in [0, 0.1) is 6.92 Å². The van der Waals surface area contributed by atoms with Crippen LogP contribution in [0.25, 0.3) is 22.4 Å². The first kappa shape index (κ1) is 12.3. The fourth-order valence-corrected chi connectivity index (χ4v) is 2.14. The first-order valence-corrected chi connectivity index (χ1v) is 6.19. The van der Waals surface area contributed by atoms with Gasteiger partial charge < -0.3 is 9.72 Å². The number of H-pyrrole nitrogens is 1. The summed E-state index contributed by atoms with van der Waals surface area (Å²) in [5.74, 6) is 0.321.